The molecule has 2 rings (SSSR count). The van der Waals surface area contributed by atoms with E-state index in [2.05, 4.69) is 21.0 Å². The lowest BCUT2D eigenvalue weighted by Crippen LogP contribution is -2.51. The summed E-state index contributed by atoms with van der Waals surface area (Å²) in [6.07, 6.45) is 0. The molecule has 0 radical (unpaired) electrons. The van der Waals surface area contributed by atoms with Crippen molar-refractivity contribution in [1.29, 1.82) is 0 Å². The molecule has 0 bridgehead atoms. The first-order valence-electron chi connectivity index (χ1n) is 8.22. The van der Waals surface area contributed by atoms with E-state index in [1.54, 1.807) is 11.9 Å². The minimum absolute atomic E-state index is 0.00327. The van der Waals surface area contributed by atoms with Gasteiger partial charge in [0.2, 0.25) is 5.91 Å². The number of carbonyl (C=O) groups excluding carboxylic acids is 1. The zero-order chi connectivity index (χ0) is 16.5. The molecule has 128 valence electrons. The summed E-state index contributed by atoms with van der Waals surface area (Å²) < 4.78 is 0. The van der Waals surface area contributed by atoms with E-state index in [-0.39, 0.29) is 5.91 Å². The Morgan fingerprint density at radius 3 is 1.91 bits per heavy atom. The number of benzene rings is 1. The molecular weight excluding hydrogens is 292 g/mol. The van der Waals surface area contributed by atoms with Crippen LogP contribution in [0.3, 0.4) is 0 Å². The van der Waals surface area contributed by atoms with E-state index in [0.717, 1.165) is 58.0 Å². The summed E-state index contributed by atoms with van der Waals surface area (Å²) in [5, 5.41) is 14.0. The molecule has 0 unspecified atom stereocenters. The quantitative estimate of drug-likeness (QED) is 0.556. The third kappa shape index (κ3) is 5.80. The molecule has 1 saturated heterocycles. The maximum absolute atomic E-state index is 12.2. The normalized spacial score (nSPS) is 18.7. The van der Waals surface area contributed by atoms with Gasteiger partial charge in [-0.3, -0.25) is 4.79 Å². The van der Waals surface area contributed by atoms with E-state index >= 15 is 0 Å². The van der Waals surface area contributed by atoms with Crippen LogP contribution >= 0.6 is 0 Å². The third-order valence-corrected chi connectivity index (χ3v) is 3.77. The molecule has 1 heterocycles. The smallest absolute Gasteiger partial charge is 0.238 e. The largest absolute Gasteiger partial charge is 0.399 e. The van der Waals surface area contributed by atoms with Gasteiger partial charge >= 0.3 is 0 Å². The van der Waals surface area contributed by atoms with Gasteiger partial charge in [-0.1, -0.05) is 0 Å². The Bertz CT molecular complexity index is 466. The fourth-order valence-electron chi connectivity index (χ4n) is 2.62. The fraction of sp³-hybridized carbons (Fsp3) is 0.562. The topological polar surface area (TPSA) is 85.7 Å². The standard InChI is InChI=1S/C16H28N6O/c1-14(23)22(16-4-2-15(17)3-5-16)21-12-10-19-8-6-18-7-9-20-11-13-21/h2-5,18-20H,6-13,17H2,1H3. The van der Waals surface area contributed by atoms with Crippen LogP contribution in [-0.2, 0) is 4.79 Å². The van der Waals surface area contributed by atoms with Crippen LogP contribution in [0.15, 0.2) is 24.3 Å². The molecule has 1 fully saturated rings. The van der Waals surface area contributed by atoms with Gasteiger partial charge in [0.25, 0.3) is 0 Å². The molecule has 0 spiro atoms. The Balaban J connectivity index is 2.09. The van der Waals surface area contributed by atoms with Crippen LogP contribution in [0.25, 0.3) is 0 Å². The average molecular weight is 320 g/mol. The molecule has 1 aromatic rings. The number of anilines is 2. The molecule has 1 aliphatic heterocycles. The van der Waals surface area contributed by atoms with Crippen molar-refractivity contribution in [3.05, 3.63) is 24.3 Å². The first-order valence-corrected chi connectivity index (χ1v) is 8.22. The lowest BCUT2D eigenvalue weighted by molar-refractivity contribution is -0.119. The molecule has 0 saturated carbocycles. The number of rotatable bonds is 2. The van der Waals surface area contributed by atoms with E-state index in [1.165, 1.54) is 0 Å². The monoisotopic (exact) mass is 320 g/mol. The number of hydrogen-bond acceptors (Lipinski definition) is 6. The van der Waals surface area contributed by atoms with E-state index in [1.807, 2.05) is 24.3 Å². The third-order valence-electron chi connectivity index (χ3n) is 3.77. The molecule has 23 heavy (non-hydrogen) atoms. The van der Waals surface area contributed by atoms with Crippen molar-refractivity contribution in [3.8, 4) is 0 Å². The highest BCUT2D eigenvalue weighted by Crippen LogP contribution is 2.18. The molecule has 7 nitrogen and oxygen atoms in total. The molecule has 0 atom stereocenters. The number of hydrazine groups is 1. The minimum atomic E-state index is 0.00327. The van der Waals surface area contributed by atoms with Crippen LogP contribution in [0.5, 0.6) is 0 Å². The molecule has 5 N–H and O–H groups in total. The van der Waals surface area contributed by atoms with E-state index < -0.39 is 0 Å². The van der Waals surface area contributed by atoms with Gasteiger partial charge in [-0.2, -0.15) is 0 Å². The molecule has 0 aromatic heterocycles. The highest BCUT2D eigenvalue weighted by molar-refractivity contribution is 5.90. The molecule has 1 aromatic carbocycles. The summed E-state index contributed by atoms with van der Waals surface area (Å²) in [7, 11) is 0. The fourth-order valence-corrected chi connectivity index (χ4v) is 2.62. The number of carbonyl (C=O) groups is 1. The Morgan fingerprint density at radius 2 is 1.43 bits per heavy atom. The number of nitrogens with one attached hydrogen (secondary N) is 3. The second kappa shape index (κ2) is 9.46. The van der Waals surface area contributed by atoms with Gasteiger partial charge in [0.1, 0.15) is 0 Å². The van der Waals surface area contributed by atoms with Crippen molar-refractivity contribution < 1.29 is 4.79 Å². The Kier molecular flexibility index (Phi) is 7.28. The van der Waals surface area contributed by atoms with Crippen molar-refractivity contribution >= 4 is 17.3 Å². The molecule has 1 amide bonds. The Labute approximate surface area is 138 Å². The van der Waals surface area contributed by atoms with Crippen LogP contribution in [0.1, 0.15) is 6.92 Å². The zero-order valence-corrected chi connectivity index (χ0v) is 13.8. The maximum atomic E-state index is 12.2. The van der Waals surface area contributed by atoms with Crippen LogP contribution in [-0.4, -0.2) is 63.3 Å². The summed E-state index contributed by atoms with van der Waals surface area (Å²) in [6, 6.07) is 7.42. The van der Waals surface area contributed by atoms with Crippen LogP contribution in [0.2, 0.25) is 0 Å². The lowest BCUT2D eigenvalue weighted by atomic mass is 10.2. The van der Waals surface area contributed by atoms with E-state index in [9.17, 15) is 4.79 Å². The Morgan fingerprint density at radius 1 is 0.957 bits per heavy atom. The predicted molar refractivity (Wildman–Crippen MR) is 94.2 cm³/mol. The van der Waals surface area contributed by atoms with Crippen molar-refractivity contribution in [1.82, 2.24) is 21.0 Å². The summed E-state index contributed by atoms with van der Waals surface area (Å²) >= 11 is 0. The Hall–Kier alpha value is -1.67. The van der Waals surface area contributed by atoms with Crippen LogP contribution in [0.4, 0.5) is 11.4 Å². The number of nitrogens with zero attached hydrogens (tertiary/aromatic N) is 2. The summed E-state index contributed by atoms with van der Waals surface area (Å²) in [5.41, 5.74) is 7.30. The first kappa shape index (κ1) is 17.7. The van der Waals surface area contributed by atoms with Gasteiger partial charge in [-0.05, 0) is 24.3 Å². The number of hydrogen-bond donors (Lipinski definition) is 4. The maximum Gasteiger partial charge on any atom is 0.238 e. The van der Waals surface area contributed by atoms with Gasteiger partial charge in [0.15, 0.2) is 0 Å². The summed E-state index contributed by atoms with van der Waals surface area (Å²) in [5.74, 6) is 0.00327. The van der Waals surface area contributed by atoms with Crippen molar-refractivity contribution in [2.45, 2.75) is 6.92 Å². The van der Waals surface area contributed by atoms with Crippen molar-refractivity contribution in [2.75, 3.05) is 63.1 Å². The van der Waals surface area contributed by atoms with Gasteiger partial charge in [-0.25, -0.2) is 10.0 Å². The second-order valence-corrected chi connectivity index (χ2v) is 5.63. The second-order valence-electron chi connectivity index (χ2n) is 5.63. The van der Waals surface area contributed by atoms with Crippen LogP contribution < -0.4 is 26.7 Å². The average Bonchev–Trinajstić information content (AvgIpc) is 2.51. The lowest BCUT2D eigenvalue weighted by Gasteiger charge is -2.34. The summed E-state index contributed by atoms with van der Waals surface area (Å²) in [4.78, 5) is 12.2. The zero-order valence-electron chi connectivity index (χ0n) is 13.8. The van der Waals surface area contributed by atoms with Gasteiger partial charge in [0.05, 0.1) is 5.69 Å². The van der Waals surface area contributed by atoms with Gasteiger partial charge < -0.3 is 21.7 Å². The molecular formula is C16H28N6O. The molecule has 0 aliphatic carbocycles. The number of amides is 1. The highest BCUT2D eigenvalue weighted by Gasteiger charge is 2.20. The predicted octanol–water partition coefficient (Wildman–Crippen LogP) is -0.379. The summed E-state index contributed by atoms with van der Waals surface area (Å²) in [6.45, 7) is 8.56. The van der Waals surface area contributed by atoms with Crippen molar-refractivity contribution in [2.24, 2.45) is 0 Å². The van der Waals surface area contributed by atoms with E-state index in [4.69, 9.17) is 5.73 Å². The minimum Gasteiger partial charge on any atom is -0.399 e. The van der Waals surface area contributed by atoms with Gasteiger partial charge in [0, 0.05) is 65.0 Å². The highest BCUT2D eigenvalue weighted by atomic mass is 16.2. The SMILES string of the molecule is CC(=O)N(c1ccc(N)cc1)N1CCNCCNCCNCC1. The van der Waals surface area contributed by atoms with Gasteiger partial charge in [-0.15, -0.1) is 0 Å². The number of nitrogen functional groups attached to an aromatic ring is 1. The van der Waals surface area contributed by atoms with E-state index in [0.29, 0.717) is 5.69 Å². The molecule has 1 aliphatic rings. The van der Waals surface area contributed by atoms with Crippen LogP contribution in [0, 0.1) is 0 Å². The van der Waals surface area contributed by atoms with Crippen molar-refractivity contribution in [3.63, 3.8) is 0 Å². The molecule has 7 heteroatoms. The number of nitrogens with two attached hydrogens (primary N) is 1. The first-order chi connectivity index (χ1) is 11.2.